The maximum absolute atomic E-state index is 5.41. The standard InChI is InChI=1S/C59H36N4.C40H25N5/c1-2-16-42-40(14-1)41-15-3-4-17-43(41)49-34-37(28-31-44(42)49)52-22-13-27-59(60-52)63-56-26-12-8-21-48(56)51-36-39(30-33-58(51)63)62-55-25-11-7-20-47(55)50-35-38(29-32-57(50)62)61-53-23-9-5-18-45(53)46-19-6-10-24-54(46)61;1-5-13-35-29(9-1)30-10-2-6-14-36(30)43(35)26-17-19-39-33(21-26)31-11-3-7-15-37(31)44(39)27-18-20-40-34(22-27)32-12-4-8-16-38(32)45(40)28-23-41-25-42-24-28/h1-36H;1-25H. The summed E-state index contributed by atoms with van der Waals surface area (Å²) in [5.41, 5.74) is 21.6. The summed E-state index contributed by atoms with van der Waals surface area (Å²) in [4.78, 5) is 14.0. The van der Waals surface area contributed by atoms with E-state index in [1.807, 2.05) is 12.4 Å². The highest BCUT2D eigenvalue weighted by atomic mass is 15.1. The molecule has 0 unspecified atom stereocenters. The summed E-state index contributed by atoms with van der Waals surface area (Å²) in [6, 6.07) is 128. The van der Waals surface area contributed by atoms with E-state index < -0.39 is 0 Å². The summed E-state index contributed by atoms with van der Waals surface area (Å²) in [5, 5.41) is 22.4. The molecule has 0 aliphatic heterocycles. The first-order chi connectivity index (χ1) is 53.6. The number of nitrogens with zero attached hydrogens (tertiary/aromatic N) is 9. The van der Waals surface area contributed by atoms with Crippen molar-refractivity contribution in [3.8, 4) is 45.5 Å². The van der Waals surface area contributed by atoms with E-state index in [2.05, 4.69) is 389 Å². The summed E-state index contributed by atoms with van der Waals surface area (Å²) in [5.74, 6) is 0.893. The molecule has 0 fully saturated rings. The van der Waals surface area contributed by atoms with Crippen molar-refractivity contribution in [2.45, 2.75) is 0 Å². The minimum Gasteiger partial charge on any atom is -0.309 e. The lowest BCUT2D eigenvalue weighted by atomic mass is 9.93. The molecular weight excluding hydrogens is 1320 g/mol. The van der Waals surface area contributed by atoms with Crippen LogP contribution >= 0.6 is 0 Å². The van der Waals surface area contributed by atoms with Gasteiger partial charge in [-0.3, -0.25) is 4.57 Å². The van der Waals surface area contributed by atoms with E-state index >= 15 is 0 Å². The monoisotopic (exact) mass is 1380 g/mol. The quantitative estimate of drug-likeness (QED) is 0.149. The predicted octanol–water partition coefficient (Wildman–Crippen LogP) is 25.3. The fourth-order valence-corrected chi connectivity index (χ4v) is 18.1. The van der Waals surface area contributed by atoms with Crippen molar-refractivity contribution in [3.05, 3.63) is 371 Å². The highest BCUT2D eigenvalue weighted by Gasteiger charge is 2.23. The van der Waals surface area contributed by atoms with E-state index in [9.17, 15) is 0 Å². The van der Waals surface area contributed by atoms with Crippen LogP contribution in [0, 0.1) is 0 Å². The van der Waals surface area contributed by atoms with Crippen LogP contribution in [-0.2, 0) is 0 Å². The van der Waals surface area contributed by atoms with E-state index in [1.54, 1.807) is 6.33 Å². The zero-order chi connectivity index (χ0) is 70.7. The van der Waals surface area contributed by atoms with Crippen LogP contribution in [-0.4, -0.2) is 42.4 Å². The van der Waals surface area contributed by atoms with Gasteiger partial charge in [0.05, 0.1) is 90.0 Å². The van der Waals surface area contributed by atoms with E-state index in [4.69, 9.17) is 4.98 Å². The van der Waals surface area contributed by atoms with Crippen LogP contribution in [0.3, 0.4) is 0 Å². The molecule has 8 heterocycles. The van der Waals surface area contributed by atoms with Crippen LogP contribution in [0.4, 0.5) is 0 Å². The van der Waals surface area contributed by atoms with Gasteiger partial charge in [0.15, 0.2) is 0 Å². The minimum absolute atomic E-state index is 0.893. The highest BCUT2D eigenvalue weighted by molar-refractivity contribution is 6.26. The Kier molecular flexibility index (Phi) is 13.0. The lowest BCUT2D eigenvalue weighted by molar-refractivity contribution is 1.07. The third-order valence-corrected chi connectivity index (χ3v) is 22.6. The Morgan fingerprint density at radius 3 is 0.769 bits per heavy atom. The molecule has 0 aliphatic rings. The summed E-state index contributed by atoms with van der Waals surface area (Å²) < 4.78 is 14.2. The lowest BCUT2D eigenvalue weighted by Crippen LogP contribution is -1.99. The van der Waals surface area contributed by atoms with E-state index in [-0.39, 0.29) is 0 Å². The average molecular weight is 1380 g/mol. The predicted molar refractivity (Wildman–Crippen MR) is 450 cm³/mol. The minimum atomic E-state index is 0.893. The molecule has 9 heteroatoms. The first kappa shape index (κ1) is 59.8. The van der Waals surface area contributed by atoms with Gasteiger partial charge in [0.2, 0.25) is 0 Å². The topological polar surface area (TPSA) is 68.2 Å². The van der Waals surface area contributed by atoms with E-state index in [0.717, 1.165) is 67.6 Å². The molecule has 0 amide bonds. The van der Waals surface area contributed by atoms with Crippen molar-refractivity contribution in [2.24, 2.45) is 0 Å². The van der Waals surface area contributed by atoms with Crippen molar-refractivity contribution in [3.63, 3.8) is 0 Å². The first-order valence-electron chi connectivity index (χ1n) is 36.8. The van der Waals surface area contributed by atoms with Gasteiger partial charge in [0.1, 0.15) is 12.1 Å². The Balaban J connectivity index is 0.000000138. The lowest BCUT2D eigenvalue weighted by Gasteiger charge is -2.13. The first-order valence-corrected chi connectivity index (χ1v) is 36.8. The number of hydrogen-bond acceptors (Lipinski definition) is 3. The van der Waals surface area contributed by atoms with Gasteiger partial charge in [-0.1, -0.05) is 212 Å². The van der Waals surface area contributed by atoms with Gasteiger partial charge >= 0.3 is 0 Å². The number of rotatable bonds is 7. The second kappa shape index (κ2) is 23.4. The molecule has 8 aromatic heterocycles. The molecule has 0 bridgehead atoms. The van der Waals surface area contributed by atoms with Crippen molar-refractivity contribution in [1.82, 2.24) is 42.4 Å². The van der Waals surface area contributed by atoms with Gasteiger partial charge in [-0.2, -0.15) is 0 Å². The number of aromatic nitrogens is 9. The number of pyridine rings is 1. The smallest absolute Gasteiger partial charge is 0.138 e. The van der Waals surface area contributed by atoms with Gasteiger partial charge in [-0.15, -0.1) is 0 Å². The molecule has 24 aromatic rings. The van der Waals surface area contributed by atoms with E-state index in [0.29, 0.717) is 0 Å². The number of para-hydroxylation sites is 8. The number of hydrogen-bond donors (Lipinski definition) is 0. The van der Waals surface area contributed by atoms with Crippen LogP contribution < -0.4 is 0 Å². The summed E-state index contributed by atoms with van der Waals surface area (Å²) in [6.07, 6.45) is 5.31. The second-order valence-corrected chi connectivity index (χ2v) is 28.3. The van der Waals surface area contributed by atoms with Crippen LogP contribution in [0.5, 0.6) is 0 Å². The molecule has 24 rings (SSSR count). The maximum atomic E-state index is 5.41. The Bertz CT molecular complexity index is 7750. The maximum Gasteiger partial charge on any atom is 0.138 e. The highest BCUT2D eigenvalue weighted by Crippen LogP contribution is 2.44. The molecule has 0 radical (unpaired) electrons. The van der Waals surface area contributed by atoms with Gasteiger partial charge in [-0.25, -0.2) is 15.0 Å². The van der Waals surface area contributed by atoms with Crippen molar-refractivity contribution >= 4 is 163 Å². The molecule has 502 valence electrons. The van der Waals surface area contributed by atoms with Crippen LogP contribution in [0.15, 0.2) is 371 Å². The molecule has 9 nitrogen and oxygen atoms in total. The van der Waals surface area contributed by atoms with Crippen molar-refractivity contribution in [2.75, 3.05) is 0 Å². The third kappa shape index (κ3) is 8.84. The molecule has 108 heavy (non-hydrogen) atoms. The van der Waals surface area contributed by atoms with Crippen LogP contribution in [0.2, 0.25) is 0 Å². The van der Waals surface area contributed by atoms with Crippen molar-refractivity contribution < 1.29 is 0 Å². The fourth-order valence-electron chi connectivity index (χ4n) is 18.1. The molecular formula is C99H61N9. The van der Waals surface area contributed by atoms with Crippen LogP contribution in [0.25, 0.3) is 209 Å². The molecule has 0 atom stereocenters. The van der Waals surface area contributed by atoms with Crippen molar-refractivity contribution in [1.29, 1.82) is 0 Å². The number of fused-ring (bicyclic) bond motifs is 24. The summed E-state index contributed by atoms with van der Waals surface area (Å²) in [7, 11) is 0. The zero-order valence-corrected chi connectivity index (χ0v) is 58.2. The average Bonchev–Trinajstić information content (AvgIpc) is 1.41. The Morgan fingerprint density at radius 2 is 0.426 bits per heavy atom. The molecule has 0 saturated heterocycles. The molecule has 0 spiro atoms. The fraction of sp³-hybridized carbons (Fsp3) is 0. The Hall–Kier alpha value is -14.7. The van der Waals surface area contributed by atoms with Gasteiger partial charge in [0, 0.05) is 92.9 Å². The third-order valence-electron chi connectivity index (χ3n) is 22.6. The molecule has 0 saturated carbocycles. The van der Waals surface area contributed by atoms with Gasteiger partial charge in [-0.05, 0) is 172 Å². The van der Waals surface area contributed by atoms with Gasteiger partial charge < -0.3 is 22.8 Å². The molecule has 0 N–H and O–H groups in total. The normalized spacial score (nSPS) is 12.1. The van der Waals surface area contributed by atoms with E-state index in [1.165, 1.54) is 141 Å². The summed E-state index contributed by atoms with van der Waals surface area (Å²) >= 11 is 0. The molecule has 16 aromatic carbocycles. The zero-order valence-electron chi connectivity index (χ0n) is 58.2. The Labute approximate surface area is 617 Å². The Morgan fingerprint density at radius 1 is 0.167 bits per heavy atom. The summed E-state index contributed by atoms with van der Waals surface area (Å²) in [6.45, 7) is 0. The molecule has 0 aliphatic carbocycles. The number of benzene rings is 16. The largest absolute Gasteiger partial charge is 0.309 e. The van der Waals surface area contributed by atoms with Crippen LogP contribution in [0.1, 0.15) is 0 Å². The van der Waals surface area contributed by atoms with Gasteiger partial charge in [0.25, 0.3) is 0 Å². The second-order valence-electron chi connectivity index (χ2n) is 28.3. The SMILES string of the molecule is c1cc(-c2ccc3c4ccccc4c4ccccc4c3c2)nc(-n2c3ccccc3c3cc(-n4c5ccccc5c5cc(-n6c7ccccc7c7ccccc76)ccc54)ccc32)c1.c1ccc2c(c1)c1ccccc1n2-c1ccc2c(c1)c1ccccc1n2-c1ccc2c(c1)c1ccccc1n2-c1cncnc1.